The van der Waals surface area contributed by atoms with Gasteiger partial charge in [-0.25, -0.2) is 0 Å². The molecule has 0 atom stereocenters. The summed E-state index contributed by atoms with van der Waals surface area (Å²) in [6.45, 7) is 0. The maximum atomic E-state index is 6.00. The van der Waals surface area contributed by atoms with Crippen molar-refractivity contribution >= 4 is 90.5 Å². The molecule has 12 heteroatoms. The highest BCUT2D eigenvalue weighted by Gasteiger charge is 1.00. The van der Waals surface area contributed by atoms with E-state index >= 15 is 0 Å². The fourth-order valence-corrected chi connectivity index (χ4v) is 0. The molecule has 0 amide bonds. The Balaban J connectivity index is -0.00000000267. The first-order valence-electron chi connectivity index (χ1n) is 0.686. The van der Waals surface area contributed by atoms with Gasteiger partial charge in [-0.2, -0.15) is 0 Å². The third-order valence-corrected chi connectivity index (χ3v) is 0. The normalized spacial score (nSPS) is 2.00. The number of hydrogen-bond donors (Lipinski definition) is 4. The molecule has 0 aromatic rings. The Morgan fingerprint density at radius 3 is 0.500 bits per heavy atom. The molecule has 0 spiro atoms. The molecule has 88 valence electrons. The molecule has 6 nitrogen and oxygen atoms in total. The second-order valence-corrected chi connectivity index (χ2v) is 0. The van der Waals surface area contributed by atoms with Crippen LogP contribution in [-0.4, -0.2) is 32.0 Å². The molecule has 0 fully saturated rings. The van der Waals surface area contributed by atoms with E-state index in [0.717, 1.165) is 0 Å². The molecule has 0 saturated carbocycles. The van der Waals surface area contributed by atoms with E-state index in [1.54, 1.807) is 0 Å². The molecule has 0 aliphatic heterocycles. The summed E-state index contributed by atoms with van der Waals surface area (Å²) in [6, 6.07) is 0. The van der Waals surface area contributed by atoms with Crippen molar-refractivity contribution in [2.24, 2.45) is 0 Å². The summed E-state index contributed by atoms with van der Waals surface area (Å²) in [4.78, 5) is 0. The molecular weight excluding hydrogens is 575 g/mol. The predicted octanol–water partition coefficient (Wildman–Crippen LogP) is 2.92. The van der Waals surface area contributed by atoms with Crippen LogP contribution in [-0.2, 0) is 0 Å². The second kappa shape index (κ2) is 313. The van der Waals surface area contributed by atoms with Gasteiger partial charge in [-0.3, -0.25) is 21.0 Å². The van der Waals surface area contributed by atoms with E-state index in [1.807, 2.05) is 0 Å². The minimum atomic E-state index is 0. The van der Waals surface area contributed by atoms with Crippen LogP contribution in [0.2, 0.25) is 0 Å². The van der Waals surface area contributed by atoms with Crippen LogP contribution < -0.4 is 0 Å². The van der Waals surface area contributed by atoms with Gasteiger partial charge >= 0.3 is 0 Å². The average molecular weight is 585 g/mol. The minimum Gasteiger partial charge on any atom is -0.412 e. The lowest BCUT2D eigenvalue weighted by atomic mass is 15.0. The summed E-state index contributed by atoms with van der Waals surface area (Å²) < 4.78 is 0. The van der Waals surface area contributed by atoms with E-state index < -0.39 is 0 Å². The van der Waals surface area contributed by atoms with Crippen molar-refractivity contribution < 1.29 is 32.0 Å². The number of rotatable bonds is 0. The monoisotopic (exact) mass is 580 g/mol. The van der Waals surface area contributed by atoms with Gasteiger partial charge in [0, 0.05) is 56.5 Å². The predicted molar refractivity (Wildman–Crippen MR) is 74.1 cm³/mol. The number of halogens is 6. The van der Waals surface area contributed by atoms with Crippen LogP contribution >= 0.6 is 90.5 Å². The van der Waals surface area contributed by atoms with Crippen LogP contribution in [0.5, 0.6) is 0 Å². The van der Waals surface area contributed by atoms with Crippen LogP contribution in [0, 0.1) is 0 Å². The summed E-state index contributed by atoms with van der Waals surface area (Å²) in [5.74, 6) is 0. The zero-order valence-corrected chi connectivity index (χ0v) is 14.9. The van der Waals surface area contributed by atoms with Gasteiger partial charge in [0.25, 0.3) is 0 Å². The topological polar surface area (TPSA) is 144 Å². The molecule has 0 aliphatic carbocycles. The molecule has 0 aromatic heterocycles. The molecule has 0 unspecified atom stereocenters. The lowest BCUT2D eigenvalue weighted by Gasteiger charge is -1.25. The van der Waals surface area contributed by atoms with Crippen molar-refractivity contribution in [3.05, 3.63) is 0 Å². The summed E-state index contributed by atoms with van der Waals surface area (Å²) in [5.41, 5.74) is 0. The fourth-order valence-electron chi connectivity index (χ4n) is 0. The lowest BCUT2D eigenvalue weighted by Crippen LogP contribution is -1.29. The summed E-state index contributed by atoms with van der Waals surface area (Å²) in [5, 5.41) is 24.0. The van der Waals surface area contributed by atoms with Gasteiger partial charge in [-0.05, 0) is 0 Å². The van der Waals surface area contributed by atoms with Gasteiger partial charge in [0.2, 0.25) is 0 Å². The fraction of sp³-hybridized carbons (Fsp3) is 0. The van der Waals surface area contributed by atoms with E-state index in [1.165, 1.54) is 0 Å². The summed E-state index contributed by atoms with van der Waals surface area (Å²) in [6.07, 6.45) is 0. The van der Waals surface area contributed by atoms with E-state index in [4.69, 9.17) is 21.0 Å². The molecule has 0 saturated heterocycles. The van der Waals surface area contributed by atoms with E-state index in [9.17, 15) is 0 Å². The maximum Gasteiger partial charge on any atom is 0 e. The lowest BCUT2D eigenvalue weighted by molar-refractivity contribution is -0.176. The summed E-state index contributed by atoms with van der Waals surface area (Å²) in [7, 11) is 0. The van der Waals surface area contributed by atoms with E-state index in [2.05, 4.69) is 56.5 Å². The van der Waals surface area contributed by atoms with Crippen molar-refractivity contribution in [1.82, 2.24) is 0 Å². The average Bonchev–Trinajstić information content (AvgIpc) is 2.03. The molecule has 0 aromatic carbocycles. The van der Waals surface area contributed by atoms with Gasteiger partial charge in [0.05, 0.1) is 0 Å². The van der Waals surface area contributed by atoms with Crippen LogP contribution in [0.4, 0.5) is 0 Å². The maximum absolute atomic E-state index is 6.00. The molecule has 12 heavy (non-hydrogen) atoms. The van der Waals surface area contributed by atoms with Crippen LogP contribution in [0.15, 0.2) is 0 Å². The zero-order valence-electron chi connectivity index (χ0n) is 5.12. The Kier molecular flexibility index (Phi) is 1610. The van der Waals surface area contributed by atoms with Gasteiger partial charge in [-0.15, -0.1) is 34.0 Å². The first kappa shape index (κ1) is 61.8. The molecule has 0 aliphatic rings. The zero-order chi connectivity index (χ0) is 8.00. The van der Waals surface area contributed by atoms with Gasteiger partial charge in [-0.1, -0.05) is 0 Å². The summed E-state index contributed by atoms with van der Waals surface area (Å²) >= 11 is 11.0. The van der Waals surface area contributed by atoms with Crippen LogP contribution in [0.3, 0.4) is 0 Å². The van der Waals surface area contributed by atoms with Crippen molar-refractivity contribution in [3.63, 3.8) is 0 Å². The largest absolute Gasteiger partial charge is 0.412 e. The van der Waals surface area contributed by atoms with Crippen LogP contribution in [0.25, 0.3) is 0 Å². The Labute approximate surface area is 121 Å². The van der Waals surface area contributed by atoms with Gasteiger partial charge in [0.15, 0.2) is 0 Å². The van der Waals surface area contributed by atoms with Crippen LogP contribution in [0.1, 0.15) is 0 Å². The number of hydrogen-bond acceptors (Lipinski definition) is 4. The highest BCUT2D eigenvalue weighted by Crippen LogP contribution is 1.85. The highest BCUT2D eigenvalue weighted by molar-refractivity contribution is 9.93. The third-order valence-electron chi connectivity index (χ3n) is 0. The first-order chi connectivity index (χ1) is 4.00. The third kappa shape index (κ3) is 246. The van der Waals surface area contributed by atoms with Crippen molar-refractivity contribution in [2.75, 3.05) is 0 Å². The molecule has 0 heterocycles. The Bertz CT molecular complexity index is 12.0. The molecule has 0 bridgehead atoms. The Hall–Kier alpha value is 2.64. The SMILES string of the molecule is Br.Br.BrBr.BrBr.O.O.OO.OO. The Morgan fingerprint density at radius 2 is 0.500 bits per heavy atom. The quantitative estimate of drug-likeness (QED) is 0.256. The molecule has 8 N–H and O–H groups in total. The molecule has 0 radical (unpaired) electrons. The Morgan fingerprint density at radius 1 is 0.500 bits per heavy atom. The molecular formula is H10Br6O6. The van der Waals surface area contributed by atoms with Gasteiger partial charge in [0.1, 0.15) is 0 Å². The van der Waals surface area contributed by atoms with Crippen molar-refractivity contribution in [2.45, 2.75) is 0 Å². The minimum absolute atomic E-state index is 0. The van der Waals surface area contributed by atoms with Gasteiger partial charge < -0.3 is 11.0 Å². The smallest absolute Gasteiger partial charge is 0 e. The van der Waals surface area contributed by atoms with Crippen molar-refractivity contribution in [3.8, 4) is 0 Å². The second-order valence-electron chi connectivity index (χ2n) is 0. The van der Waals surface area contributed by atoms with Crippen molar-refractivity contribution in [1.29, 1.82) is 0 Å². The van der Waals surface area contributed by atoms with E-state index in [0.29, 0.717) is 0 Å². The molecule has 0 rings (SSSR count). The highest BCUT2D eigenvalue weighted by atomic mass is 80.9. The standard InChI is InChI=1S/2Br2.2BrH.2H2O2.2H2O/c2*1-2;;;2*1-2;;/h;;2*1H;2*1-2H;2*1H2. The van der Waals surface area contributed by atoms with E-state index in [-0.39, 0.29) is 44.9 Å². The first-order valence-corrected chi connectivity index (χ1v) is 8.11.